The van der Waals surface area contributed by atoms with Gasteiger partial charge >= 0.3 is 5.97 Å². The predicted octanol–water partition coefficient (Wildman–Crippen LogP) is 1.59. The van der Waals surface area contributed by atoms with Crippen molar-refractivity contribution in [2.45, 2.75) is 25.9 Å². The van der Waals surface area contributed by atoms with E-state index in [0.29, 0.717) is 13.0 Å². The first-order chi connectivity index (χ1) is 6.66. The van der Waals surface area contributed by atoms with Crippen LogP contribution in [0.1, 0.15) is 19.8 Å². The van der Waals surface area contributed by atoms with Gasteiger partial charge in [0.15, 0.2) is 0 Å². The van der Waals surface area contributed by atoms with Crippen molar-refractivity contribution in [3.63, 3.8) is 0 Å². The zero-order valence-corrected chi connectivity index (χ0v) is 8.40. The lowest BCUT2D eigenvalue weighted by atomic mass is 10.2. The normalized spacial score (nSPS) is 12.1. The molecule has 78 valence electrons. The summed E-state index contributed by atoms with van der Waals surface area (Å²) in [6.07, 6.45) is 6.00. The Kier molecular flexibility index (Phi) is 7.52. The van der Waals surface area contributed by atoms with Crippen LogP contribution in [0.15, 0.2) is 30.5 Å². The van der Waals surface area contributed by atoms with E-state index in [1.807, 2.05) is 6.08 Å². The lowest BCUT2D eigenvalue weighted by Crippen LogP contribution is -2.00. The van der Waals surface area contributed by atoms with E-state index < -0.39 is 6.10 Å². The van der Waals surface area contributed by atoms with Gasteiger partial charge in [0.2, 0.25) is 0 Å². The third-order valence-electron chi connectivity index (χ3n) is 1.49. The summed E-state index contributed by atoms with van der Waals surface area (Å²) >= 11 is 0. The molecule has 0 amide bonds. The van der Waals surface area contributed by atoms with Gasteiger partial charge in [0.05, 0.1) is 6.10 Å². The second kappa shape index (κ2) is 8.30. The van der Waals surface area contributed by atoms with Crippen LogP contribution in [0.2, 0.25) is 0 Å². The third-order valence-corrected chi connectivity index (χ3v) is 1.49. The maximum absolute atomic E-state index is 10.4. The third kappa shape index (κ3) is 8.78. The molecule has 0 aromatic carbocycles. The standard InChI is InChI=1S/C11H16O3/c1-3-7-11(13)8-5-4-6-9-14-10(2)12/h4,6-7,11,13H,1,5,8-9H2,2H3/b6-4+. The Hall–Kier alpha value is -1.31. The van der Waals surface area contributed by atoms with Gasteiger partial charge in [-0.2, -0.15) is 0 Å². The van der Waals surface area contributed by atoms with E-state index in [2.05, 4.69) is 17.0 Å². The minimum absolute atomic E-state index is 0.288. The molecule has 3 heteroatoms. The zero-order valence-electron chi connectivity index (χ0n) is 8.40. The number of carbonyl (C=O) groups is 1. The first kappa shape index (κ1) is 12.7. The summed E-state index contributed by atoms with van der Waals surface area (Å²) in [5.74, 6) is -0.288. The molecule has 1 atom stereocenters. The maximum atomic E-state index is 10.4. The Morgan fingerprint density at radius 2 is 2.36 bits per heavy atom. The van der Waals surface area contributed by atoms with Crippen LogP contribution in [0.4, 0.5) is 0 Å². The second-order valence-corrected chi connectivity index (χ2v) is 2.79. The SMILES string of the molecule is C=C=CC(O)CC/C=C/COC(C)=O. The van der Waals surface area contributed by atoms with Crippen LogP contribution >= 0.6 is 0 Å². The average molecular weight is 196 g/mol. The van der Waals surface area contributed by atoms with Gasteiger partial charge in [-0.3, -0.25) is 4.79 Å². The minimum Gasteiger partial charge on any atom is -0.462 e. The fourth-order valence-electron chi connectivity index (χ4n) is 0.838. The summed E-state index contributed by atoms with van der Waals surface area (Å²) < 4.78 is 4.68. The molecule has 3 nitrogen and oxygen atoms in total. The van der Waals surface area contributed by atoms with Gasteiger partial charge in [-0.1, -0.05) is 18.7 Å². The molecule has 0 bridgehead atoms. The molecule has 1 N–H and O–H groups in total. The molecule has 0 aromatic rings. The first-order valence-electron chi connectivity index (χ1n) is 4.49. The molecule has 0 radical (unpaired) electrons. The van der Waals surface area contributed by atoms with Crippen molar-refractivity contribution in [2.75, 3.05) is 6.61 Å². The average Bonchev–Trinajstić information content (AvgIpc) is 2.11. The van der Waals surface area contributed by atoms with Crippen LogP contribution in [0.5, 0.6) is 0 Å². The Morgan fingerprint density at radius 3 is 2.93 bits per heavy atom. The quantitative estimate of drug-likeness (QED) is 0.398. The lowest BCUT2D eigenvalue weighted by Gasteiger charge is -2.00. The van der Waals surface area contributed by atoms with Crippen molar-refractivity contribution in [2.24, 2.45) is 0 Å². The van der Waals surface area contributed by atoms with Crippen LogP contribution in [0, 0.1) is 0 Å². The number of aliphatic hydroxyl groups is 1. The molecular formula is C11H16O3. The van der Waals surface area contributed by atoms with Crippen LogP contribution in [0.3, 0.4) is 0 Å². The summed E-state index contributed by atoms with van der Waals surface area (Å²) in [5.41, 5.74) is 2.52. The zero-order chi connectivity index (χ0) is 10.8. The Labute approximate surface area is 84.4 Å². The lowest BCUT2D eigenvalue weighted by molar-refractivity contribution is -0.139. The highest BCUT2D eigenvalue weighted by molar-refractivity contribution is 5.65. The molecule has 0 aromatic heterocycles. The number of esters is 1. The van der Waals surface area contributed by atoms with Gasteiger partial charge in [-0.25, -0.2) is 0 Å². The van der Waals surface area contributed by atoms with E-state index >= 15 is 0 Å². The maximum Gasteiger partial charge on any atom is 0.302 e. The summed E-state index contributed by atoms with van der Waals surface area (Å²) in [6, 6.07) is 0. The van der Waals surface area contributed by atoms with Crippen molar-refractivity contribution >= 4 is 5.97 Å². The second-order valence-electron chi connectivity index (χ2n) is 2.79. The molecule has 0 rings (SSSR count). The molecule has 0 spiro atoms. The molecule has 0 aliphatic heterocycles. The van der Waals surface area contributed by atoms with E-state index in [-0.39, 0.29) is 5.97 Å². The summed E-state index contributed by atoms with van der Waals surface area (Å²) in [7, 11) is 0. The van der Waals surface area contributed by atoms with E-state index in [1.165, 1.54) is 13.0 Å². The molecule has 0 saturated carbocycles. The van der Waals surface area contributed by atoms with Crippen molar-refractivity contribution in [3.05, 3.63) is 30.5 Å². The van der Waals surface area contributed by atoms with Gasteiger partial charge in [-0.05, 0) is 18.9 Å². The van der Waals surface area contributed by atoms with Crippen molar-refractivity contribution in [3.8, 4) is 0 Å². The molecule has 0 fully saturated rings. The van der Waals surface area contributed by atoms with Crippen LogP contribution in [-0.2, 0) is 9.53 Å². The van der Waals surface area contributed by atoms with Gasteiger partial charge in [0.1, 0.15) is 6.61 Å². The molecular weight excluding hydrogens is 180 g/mol. The fourth-order valence-corrected chi connectivity index (χ4v) is 0.838. The molecule has 0 heterocycles. The first-order valence-corrected chi connectivity index (χ1v) is 4.49. The molecule has 14 heavy (non-hydrogen) atoms. The number of hydrogen-bond acceptors (Lipinski definition) is 3. The summed E-state index contributed by atoms with van der Waals surface area (Å²) in [5, 5.41) is 9.22. The van der Waals surface area contributed by atoms with E-state index in [4.69, 9.17) is 0 Å². The van der Waals surface area contributed by atoms with Gasteiger partial charge < -0.3 is 9.84 Å². The minimum atomic E-state index is -0.495. The topological polar surface area (TPSA) is 46.5 Å². The van der Waals surface area contributed by atoms with Crippen LogP contribution < -0.4 is 0 Å². The molecule has 0 aliphatic carbocycles. The number of rotatable bonds is 6. The monoisotopic (exact) mass is 196 g/mol. The number of carbonyl (C=O) groups excluding carboxylic acids is 1. The fraction of sp³-hybridized carbons (Fsp3) is 0.455. The number of allylic oxidation sites excluding steroid dienone is 1. The van der Waals surface area contributed by atoms with E-state index in [1.54, 1.807) is 6.08 Å². The molecule has 0 aliphatic rings. The van der Waals surface area contributed by atoms with Crippen molar-refractivity contribution in [1.82, 2.24) is 0 Å². The number of hydrogen-bond donors (Lipinski definition) is 1. The van der Waals surface area contributed by atoms with Gasteiger partial charge in [-0.15, -0.1) is 5.73 Å². The van der Waals surface area contributed by atoms with Crippen LogP contribution in [-0.4, -0.2) is 23.8 Å². The highest BCUT2D eigenvalue weighted by Gasteiger charge is 1.95. The Bertz CT molecular complexity index is 237. The van der Waals surface area contributed by atoms with Crippen molar-refractivity contribution < 1.29 is 14.6 Å². The largest absolute Gasteiger partial charge is 0.462 e. The van der Waals surface area contributed by atoms with Crippen LogP contribution in [0.25, 0.3) is 0 Å². The number of ether oxygens (including phenoxy) is 1. The highest BCUT2D eigenvalue weighted by Crippen LogP contribution is 1.98. The highest BCUT2D eigenvalue weighted by atomic mass is 16.5. The van der Waals surface area contributed by atoms with E-state index in [0.717, 1.165) is 6.42 Å². The predicted molar refractivity (Wildman–Crippen MR) is 54.7 cm³/mol. The molecule has 1 unspecified atom stereocenters. The summed E-state index contributed by atoms with van der Waals surface area (Å²) in [4.78, 5) is 10.4. The van der Waals surface area contributed by atoms with Gasteiger partial charge in [0, 0.05) is 6.92 Å². The molecule has 0 saturated heterocycles. The van der Waals surface area contributed by atoms with Gasteiger partial charge in [0.25, 0.3) is 0 Å². The van der Waals surface area contributed by atoms with E-state index in [9.17, 15) is 9.90 Å². The summed E-state index contributed by atoms with van der Waals surface area (Å²) in [6.45, 7) is 5.02. The Balaban J connectivity index is 3.43. The smallest absolute Gasteiger partial charge is 0.302 e. The number of aliphatic hydroxyl groups excluding tert-OH is 1. The van der Waals surface area contributed by atoms with Crippen molar-refractivity contribution in [1.29, 1.82) is 0 Å². The Morgan fingerprint density at radius 1 is 1.64 bits per heavy atom.